The molecule has 0 saturated heterocycles. The average molecular weight is 400 g/mol. The van der Waals surface area contributed by atoms with Crippen molar-refractivity contribution in [1.29, 1.82) is 0 Å². The van der Waals surface area contributed by atoms with Gasteiger partial charge in [-0.3, -0.25) is 0 Å². The summed E-state index contributed by atoms with van der Waals surface area (Å²) in [5.41, 5.74) is 5.33. The molecule has 0 spiro atoms. The van der Waals surface area contributed by atoms with Gasteiger partial charge in [-0.15, -0.1) is 0 Å². The maximum absolute atomic E-state index is 10.4. The second kappa shape index (κ2) is 9.75. The van der Waals surface area contributed by atoms with Gasteiger partial charge in [0.05, 0.1) is 0 Å². The Balaban J connectivity index is 1.38. The molecule has 0 heterocycles. The molecule has 1 N–H and O–H groups in total. The molecule has 1 aliphatic carbocycles. The minimum absolute atomic E-state index is 0.299. The van der Waals surface area contributed by atoms with E-state index >= 15 is 0 Å². The van der Waals surface area contributed by atoms with Crippen LogP contribution < -0.4 is 4.74 Å². The maximum Gasteiger partial charge on any atom is 0.119 e. The van der Waals surface area contributed by atoms with Gasteiger partial charge in [-0.1, -0.05) is 78.9 Å². The summed E-state index contributed by atoms with van der Waals surface area (Å²) in [6, 6.07) is 27.0. The highest BCUT2D eigenvalue weighted by atomic mass is 16.5. The Labute approximate surface area is 179 Å². The number of hydrogen-bond donors (Lipinski definition) is 1. The molecule has 3 nitrogen and oxygen atoms in total. The van der Waals surface area contributed by atoms with Crippen molar-refractivity contribution >= 4 is 12.2 Å². The molecule has 0 amide bonds. The number of fused-ring (bicyclic) bond motifs is 2. The van der Waals surface area contributed by atoms with E-state index in [0.717, 1.165) is 18.7 Å². The van der Waals surface area contributed by atoms with Crippen molar-refractivity contribution in [2.75, 3.05) is 26.7 Å². The van der Waals surface area contributed by atoms with E-state index in [0.29, 0.717) is 19.1 Å². The Morgan fingerprint density at radius 2 is 1.40 bits per heavy atom. The normalized spacial score (nSPS) is 14.1. The van der Waals surface area contributed by atoms with E-state index in [-0.39, 0.29) is 0 Å². The SMILES string of the molecule is CN(CCC1c2ccccc2C=Cc2ccccc21)CC(O)COc1ccccc1. The molecule has 0 aliphatic heterocycles. The minimum Gasteiger partial charge on any atom is -0.491 e. The van der Waals surface area contributed by atoms with Crippen LogP contribution in [0.15, 0.2) is 78.9 Å². The molecule has 0 bridgehead atoms. The molecule has 0 aromatic heterocycles. The minimum atomic E-state index is -0.523. The van der Waals surface area contributed by atoms with Crippen LogP contribution in [-0.4, -0.2) is 42.9 Å². The number of nitrogens with zero attached hydrogens (tertiary/aromatic N) is 1. The Kier molecular flexibility index (Phi) is 6.63. The van der Waals surface area contributed by atoms with E-state index in [1.165, 1.54) is 22.3 Å². The fourth-order valence-electron chi connectivity index (χ4n) is 4.18. The van der Waals surface area contributed by atoms with Crippen LogP contribution in [0.4, 0.5) is 0 Å². The van der Waals surface area contributed by atoms with Gasteiger partial charge in [0.25, 0.3) is 0 Å². The van der Waals surface area contributed by atoms with E-state index in [1.807, 2.05) is 30.3 Å². The largest absolute Gasteiger partial charge is 0.491 e. The van der Waals surface area contributed by atoms with Crippen molar-refractivity contribution in [2.45, 2.75) is 18.4 Å². The second-order valence-corrected chi connectivity index (χ2v) is 7.97. The number of aliphatic hydroxyl groups is 1. The lowest BCUT2D eigenvalue weighted by atomic mass is 9.85. The van der Waals surface area contributed by atoms with Crippen LogP contribution in [0.5, 0.6) is 5.75 Å². The first kappa shape index (κ1) is 20.4. The third kappa shape index (κ3) is 4.99. The van der Waals surface area contributed by atoms with Crippen LogP contribution in [0.1, 0.15) is 34.6 Å². The van der Waals surface area contributed by atoms with Crippen molar-refractivity contribution in [3.8, 4) is 5.75 Å². The number of ether oxygens (including phenoxy) is 1. The molecule has 1 unspecified atom stereocenters. The van der Waals surface area contributed by atoms with E-state index in [1.54, 1.807) is 0 Å². The zero-order valence-electron chi connectivity index (χ0n) is 17.4. The average Bonchev–Trinajstić information content (AvgIpc) is 2.94. The molecule has 1 aliphatic rings. The summed E-state index contributed by atoms with van der Waals surface area (Å²) in [5, 5.41) is 10.4. The highest BCUT2D eigenvalue weighted by molar-refractivity contribution is 5.76. The molecule has 0 fully saturated rings. The van der Waals surface area contributed by atoms with Crippen LogP contribution >= 0.6 is 0 Å². The van der Waals surface area contributed by atoms with Gasteiger partial charge in [0.15, 0.2) is 0 Å². The van der Waals surface area contributed by atoms with E-state index in [2.05, 4.69) is 72.6 Å². The molecule has 1 atom stereocenters. The van der Waals surface area contributed by atoms with E-state index in [4.69, 9.17) is 4.74 Å². The number of aliphatic hydroxyl groups excluding tert-OH is 1. The number of benzene rings is 3. The van der Waals surface area contributed by atoms with Gasteiger partial charge in [-0.05, 0) is 54.4 Å². The summed E-state index contributed by atoms with van der Waals surface area (Å²) < 4.78 is 5.69. The van der Waals surface area contributed by atoms with Crippen LogP contribution in [0, 0.1) is 0 Å². The monoisotopic (exact) mass is 399 g/mol. The molecular weight excluding hydrogens is 370 g/mol. The standard InChI is InChI=1S/C27H29NO2/c1-28(19-23(29)20-30-24-11-3-2-4-12-24)18-17-27-25-13-7-5-9-21(25)15-16-22-10-6-8-14-26(22)27/h2-16,23,27,29H,17-20H2,1H3. The molecule has 0 saturated carbocycles. The van der Waals surface area contributed by atoms with Crippen LogP contribution in [-0.2, 0) is 0 Å². The molecule has 3 aromatic carbocycles. The first-order valence-corrected chi connectivity index (χ1v) is 10.6. The third-order valence-electron chi connectivity index (χ3n) is 5.69. The summed E-state index contributed by atoms with van der Waals surface area (Å²) in [7, 11) is 2.07. The molecule has 30 heavy (non-hydrogen) atoms. The maximum atomic E-state index is 10.4. The van der Waals surface area contributed by atoms with Gasteiger partial charge in [0.1, 0.15) is 18.5 Å². The first-order valence-electron chi connectivity index (χ1n) is 10.6. The topological polar surface area (TPSA) is 32.7 Å². The van der Waals surface area contributed by atoms with Crippen LogP contribution in [0.3, 0.4) is 0 Å². The van der Waals surface area contributed by atoms with Crippen LogP contribution in [0.25, 0.3) is 12.2 Å². The predicted molar refractivity (Wildman–Crippen MR) is 124 cm³/mol. The fourth-order valence-corrected chi connectivity index (χ4v) is 4.18. The molecule has 154 valence electrons. The second-order valence-electron chi connectivity index (χ2n) is 7.97. The van der Waals surface area contributed by atoms with Crippen molar-refractivity contribution in [1.82, 2.24) is 4.90 Å². The lowest BCUT2D eigenvalue weighted by Gasteiger charge is -2.25. The van der Waals surface area contributed by atoms with Gasteiger partial charge in [0.2, 0.25) is 0 Å². The van der Waals surface area contributed by atoms with Crippen molar-refractivity contribution in [3.05, 3.63) is 101 Å². The fraction of sp³-hybridized carbons (Fsp3) is 0.259. The van der Waals surface area contributed by atoms with Crippen molar-refractivity contribution < 1.29 is 9.84 Å². The lowest BCUT2D eigenvalue weighted by molar-refractivity contribution is 0.0758. The lowest BCUT2D eigenvalue weighted by Crippen LogP contribution is -2.34. The summed E-state index contributed by atoms with van der Waals surface area (Å²) in [5.74, 6) is 1.13. The summed E-state index contributed by atoms with van der Waals surface area (Å²) >= 11 is 0. The Bertz CT molecular complexity index is 933. The highest BCUT2D eigenvalue weighted by Crippen LogP contribution is 2.36. The Hall–Kier alpha value is -2.88. The Morgan fingerprint density at radius 3 is 2.03 bits per heavy atom. The summed E-state index contributed by atoms with van der Waals surface area (Å²) in [6.45, 7) is 1.78. The van der Waals surface area contributed by atoms with Gasteiger partial charge < -0.3 is 14.7 Å². The van der Waals surface area contributed by atoms with E-state index < -0.39 is 6.10 Å². The number of para-hydroxylation sites is 1. The third-order valence-corrected chi connectivity index (χ3v) is 5.69. The van der Waals surface area contributed by atoms with Gasteiger partial charge in [0, 0.05) is 12.5 Å². The molecule has 4 rings (SSSR count). The number of hydrogen-bond acceptors (Lipinski definition) is 3. The van der Waals surface area contributed by atoms with Gasteiger partial charge in [-0.2, -0.15) is 0 Å². The summed E-state index contributed by atoms with van der Waals surface area (Å²) in [6.07, 6.45) is 4.93. The first-order chi connectivity index (χ1) is 14.7. The highest BCUT2D eigenvalue weighted by Gasteiger charge is 2.21. The predicted octanol–water partition coefficient (Wildman–Crippen LogP) is 5.06. The van der Waals surface area contributed by atoms with Crippen molar-refractivity contribution in [2.24, 2.45) is 0 Å². The number of rotatable bonds is 8. The molecule has 3 aromatic rings. The molecule has 0 radical (unpaired) electrons. The van der Waals surface area contributed by atoms with Gasteiger partial charge >= 0.3 is 0 Å². The van der Waals surface area contributed by atoms with Crippen molar-refractivity contribution in [3.63, 3.8) is 0 Å². The van der Waals surface area contributed by atoms with Gasteiger partial charge in [-0.25, -0.2) is 0 Å². The zero-order chi connectivity index (χ0) is 20.8. The Morgan fingerprint density at radius 1 is 0.833 bits per heavy atom. The van der Waals surface area contributed by atoms with Crippen LogP contribution in [0.2, 0.25) is 0 Å². The van der Waals surface area contributed by atoms with E-state index in [9.17, 15) is 5.11 Å². The molecule has 3 heteroatoms. The zero-order valence-corrected chi connectivity index (χ0v) is 17.4. The number of likely N-dealkylation sites (N-methyl/N-ethyl adjacent to an activating group) is 1. The quantitative estimate of drug-likeness (QED) is 0.574. The smallest absolute Gasteiger partial charge is 0.119 e. The summed E-state index contributed by atoms with van der Waals surface area (Å²) in [4.78, 5) is 2.20. The molecular formula is C27H29NO2.